The van der Waals surface area contributed by atoms with E-state index in [1.54, 1.807) is 29.1 Å². The molecule has 9 heteroatoms. The largest absolute Gasteiger partial charge is 0.497 e. The van der Waals surface area contributed by atoms with Gasteiger partial charge in [-0.3, -0.25) is 9.59 Å². The maximum Gasteiger partial charge on any atom is 0.334 e. The van der Waals surface area contributed by atoms with Gasteiger partial charge in [0.1, 0.15) is 18.5 Å². The number of urea groups is 1. The molecule has 2 aromatic carbocycles. The van der Waals surface area contributed by atoms with Crippen molar-refractivity contribution in [3.05, 3.63) is 65.7 Å². The van der Waals surface area contributed by atoms with Crippen LogP contribution in [0.3, 0.4) is 0 Å². The zero-order valence-corrected chi connectivity index (χ0v) is 18.9. The molecule has 2 heterocycles. The SMILES string of the molecule is COc1ccc(CNC(=O)N2C3CN(CCc4ccccc4)C(=O)CN3C(=O)CN2C)cc1. The van der Waals surface area contributed by atoms with Crippen molar-refractivity contribution in [2.75, 3.05) is 40.3 Å². The number of likely N-dealkylation sites (N-methyl/N-ethyl adjacent to an activating group) is 1. The number of carbonyl (C=O) groups is 3. The summed E-state index contributed by atoms with van der Waals surface area (Å²) in [7, 11) is 3.32. The molecule has 1 atom stereocenters. The summed E-state index contributed by atoms with van der Waals surface area (Å²) in [5.41, 5.74) is 2.07. The van der Waals surface area contributed by atoms with Crippen LogP contribution in [0.4, 0.5) is 4.79 Å². The molecule has 0 bridgehead atoms. The van der Waals surface area contributed by atoms with Crippen molar-refractivity contribution in [2.45, 2.75) is 19.1 Å². The minimum Gasteiger partial charge on any atom is -0.497 e. The predicted molar refractivity (Wildman–Crippen MR) is 122 cm³/mol. The number of amides is 4. The maximum atomic E-state index is 13.1. The number of piperazine rings is 1. The van der Waals surface area contributed by atoms with Crippen LogP contribution in [0.25, 0.3) is 0 Å². The lowest BCUT2D eigenvalue weighted by Crippen LogP contribution is -2.73. The number of hydrogen-bond donors (Lipinski definition) is 1. The molecule has 0 radical (unpaired) electrons. The molecule has 4 rings (SSSR count). The Morgan fingerprint density at radius 1 is 1.00 bits per heavy atom. The first kappa shape index (κ1) is 22.6. The molecule has 1 N–H and O–H groups in total. The van der Waals surface area contributed by atoms with Gasteiger partial charge in [0.2, 0.25) is 11.8 Å². The fourth-order valence-corrected chi connectivity index (χ4v) is 4.22. The quantitative estimate of drug-likeness (QED) is 0.716. The summed E-state index contributed by atoms with van der Waals surface area (Å²) in [6.07, 6.45) is 0.174. The van der Waals surface area contributed by atoms with E-state index in [-0.39, 0.29) is 37.5 Å². The van der Waals surface area contributed by atoms with Gasteiger partial charge in [0.15, 0.2) is 0 Å². The van der Waals surface area contributed by atoms with Gasteiger partial charge in [-0.1, -0.05) is 42.5 Å². The van der Waals surface area contributed by atoms with E-state index in [0.29, 0.717) is 19.5 Å². The Hall–Kier alpha value is -3.59. The van der Waals surface area contributed by atoms with Gasteiger partial charge >= 0.3 is 6.03 Å². The number of nitrogens with one attached hydrogen (secondary N) is 1. The minimum absolute atomic E-state index is 0.0195. The highest BCUT2D eigenvalue weighted by molar-refractivity contribution is 5.89. The second kappa shape index (κ2) is 9.91. The maximum absolute atomic E-state index is 13.1. The van der Waals surface area contributed by atoms with Gasteiger partial charge in [0, 0.05) is 20.1 Å². The summed E-state index contributed by atoms with van der Waals surface area (Å²) in [5.74, 6) is 0.494. The van der Waals surface area contributed by atoms with Crippen molar-refractivity contribution in [1.82, 2.24) is 25.1 Å². The van der Waals surface area contributed by atoms with E-state index >= 15 is 0 Å². The lowest BCUT2D eigenvalue weighted by Gasteiger charge is -2.51. The molecular weight excluding hydrogens is 422 g/mol. The van der Waals surface area contributed by atoms with Crippen LogP contribution in [0, 0.1) is 0 Å². The van der Waals surface area contributed by atoms with Crippen molar-refractivity contribution in [1.29, 1.82) is 0 Å². The average molecular weight is 452 g/mol. The third kappa shape index (κ3) is 5.09. The Morgan fingerprint density at radius 2 is 1.73 bits per heavy atom. The molecule has 2 aromatic rings. The van der Waals surface area contributed by atoms with Gasteiger partial charge in [-0.2, -0.15) is 0 Å². The highest BCUT2D eigenvalue weighted by atomic mass is 16.5. The fraction of sp³-hybridized carbons (Fsp3) is 0.375. The van der Waals surface area contributed by atoms with E-state index in [0.717, 1.165) is 16.9 Å². The predicted octanol–water partition coefficient (Wildman–Crippen LogP) is 1.31. The molecule has 0 spiro atoms. The molecular formula is C24H29N5O4. The van der Waals surface area contributed by atoms with Crippen molar-refractivity contribution in [3.63, 3.8) is 0 Å². The van der Waals surface area contributed by atoms with Crippen molar-refractivity contribution in [2.24, 2.45) is 0 Å². The number of nitrogens with zero attached hydrogens (tertiary/aromatic N) is 4. The standard InChI is InChI=1S/C24H29N5O4/c1-26-16-23(31)28-17-22(30)27(13-12-18-6-4-3-5-7-18)15-21(28)29(26)24(32)25-14-19-8-10-20(33-2)11-9-19/h3-11,21H,12-17H2,1-2H3,(H,25,32). The van der Waals surface area contributed by atoms with E-state index in [4.69, 9.17) is 4.74 Å². The second-order valence-electron chi connectivity index (χ2n) is 8.24. The monoisotopic (exact) mass is 451 g/mol. The Bertz CT molecular complexity index is 998. The Morgan fingerprint density at radius 3 is 2.42 bits per heavy atom. The summed E-state index contributed by atoms with van der Waals surface area (Å²) in [5, 5.41) is 6.10. The Kier molecular flexibility index (Phi) is 6.79. The van der Waals surface area contributed by atoms with Gasteiger partial charge in [0.25, 0.3) is 0 Å². The number of hydrogen-bond acceptors (Lipinski definition) is 5. The summed E-state index contributed by atoms with van der Waals surface area (Å²) >= 11 is 0. The van der Waals surface area contributed by atoms with Gasteiger partial charge in [-0.25, -0.2) is 14.8 Å². The summed E-state index contributed by atoms with van der Waals surface area (Å²) < 4.78 is 5.17. The van der Waals surface area contributed by atoms with Crippen molar-refractivity contribution < 1.29 is 19.1 Å². The van der Waals surface area contributed by atoms with Crippen LogP contribution in [0.1, 0.15) is 11.1 Å². The highest BCUT2D eigenvalue weighted by Gasteiger charge is 2.45. The van der Waals surface area contributed by atoms with Crippen LogP contribution in [-0.4, -0.2) is 84.2 Å². The Labute approximate surface area is 193 Å². The molecule has 1 unspecified atom stereocenters. The van der Waals surface area contributed by atoms with Crippen LogP contribution in [-0.2, 0) is 22.6 Å². The van der Waals surface area contributed by atoms with Crippen LogP contribution in [0.5, 0.6) is 5.75 Å². The summed E-state index contributed by atoms with van der Waals surface area (Å²) in [6.45, 7) is 1.17. The van der Waals surface area contributed by atoms with Crippen LogP contribution in [0.2, 0.25) is 0 Å². The van der Waals surface area contributed by atoms with Gasteiger partial charge < -0.3 is 19.9 Å². The first-order valence-electron chi connectivity index (χ1n) is 11.0. The molecule has 9 nitrogen and oxygen atoms in total. The number of fused-ring (bicyclic) bond motifs is 1. The van der Waals surface area contributed by atoms with Crippen molar-refractivity contribution in [3.8, 4) is 5.75 Å². The van der Waals surface area contributed by atoms with Crippen LogP contribution >= 0.6 is 0 Å². The third-order valence-electron chi connectivity index (χ3n) is 6.06. The highest BCUT2D eigenvalue weighted by Crippen LogP contribution is 2.22. The molecule has 33 heavy (non-hydrogen) atoms. The number of methoxy groups -OCH3 is 1. The topological polar surface area (TPSA) is 85.4 Å². The lowest BCUT2D eigenvalue weighted by atomic mass is 10.1. The number of rotatable bonds is 6. The number of hydrazine groups is 1. The zero-order chi connectivity index (χ0) is 23.4. The second-order valence-corrected chi connectivity index (χ2v) is 8.24. The summed E-state index contributed by atoms with van der Waals surface area (Å²) in [4.78, 5) is 41.7. The summed E-state index contributed by atoms with van der Waals surface area (Å²) in [6, 6.07) is 17.1. The molecule has 4 amide bonds. The molecule has 2 aliphatic heterocycles. The van der Waals surface area contributed by atoms with Gasteiger partial charge in [0.05, 0.1) is 20.2 Å². The zero-order valence-electron chi connectivity index (χ0n) is 18.9. The molecule has 2 fully saturated rings. The molecule has 2 aliphatic rings. The first-order chi connectivity index (χ1) is 16.0. The number of ether oxygens (including phenoxy) is 1. The fourth-order valence-electron chi connectivity index (χ4n) is 4.22. The van der Waals surface area contributed by atoms with Crippen LogP contribution in [0.15, 0.2) is 54.6 Å². The smallest absolute Gasteiger partial charge is 0.334 e. The molecule has 0 aliphatic carbocycles. The van der Waals surface area contributed by atoms with Crippen molar-refractivity contribution >= 4 is 17.8 Å². The van der Waals surface area contributed by atoms with Gasteiger partial charge in [-0.15, -0.1) is 0 Å². The number of carbonyl (C=O) groups excluding carboxylic acids is 3. The van der Waals surface area contributed by atoms with E-state index in [1.165, 1.54) is 4.90 Å². The van der Waals surface area contributed by atoms with E-state index in [2.05, 4.69) is 5.32 Å². The third-order valence-corrected chi connectivity index (χ3v) is 6.06. The van der Waals surface area contributed by atoms with E-state index in [9.17, 15) is 14.4 Å². The number of benzene rings is 2. The first-order valence-corrected chi connectivity index (χ1v) is 11.0. The molecule has 2 saturated heterocycles. The molecule has 174 valence electrons. The van der Waals surface area contributed by atoms with E-state index in [1.807, 2.05) is 54.6 Å². The van der Waals surface area contributed by atoms with Gasteiger partial charge in [-0.05, 0) is 29.7 Å². The minimum atomic E-state index is -0.541. The normalized spacial score (nSPS) is 18.8. The van der Waals surface area contributed by atoms with E-state index < -0.39 is 6.17 Å². The molecule has 0 saturated carbocycles. The molecule has 0 aromatic heterocycles. The lowest BCUT2D eigenvalue weighted by molar-refractivity contribution is -0.178. The average Bonchev–Trinajstić information content (AvgIpc) is 2.83. The Balaban J connectivity index is 1.44. The van der Waals surface area contributed by atoms with Crippen LogP contribution < -0.4 is 10.1 Å².